The highest BCUT2D eigenvalue weighted by Crippen LogP contribution is 2.24. The molecule has 0 saturated heterocycles. The number of nitrogen functional groups attached to an aromatic ring is 1. The summed E-state index contributed by atoms with van der Waals surface area (Å²) in [6.07, 6.45) is 0. The summed E-state index contributed by atoms with van der Waals surface area (Å²) in [5.41, 5.74) is 5.72. The fraction of sp³-hybridized carbons (Fsp3) is 0.125. The highest BCUT2D eigenvalue weighted by Gasteiger charge is 2.12. The molecule has 1 aromatic carbocycles. The highest BCUT2D eigenvalue weighted by atomic mass is 79.9. The van der Waals surface area contributed by atoms with Gasteiger partial charge in [-0.3, -0.25) is 4.79 Å². The van der Waals surface area contributed by atoms with Crippen LogP contribution in [0.3, 0.4) is 0 Å². The van der Waals surface area contributed by atoms with Gasteiger partial charge in [0.2, 0.25) is 0 Å². The zero-order chi connectivity index (χ0) is 10.0. The lowest BCUT2D eigenvalue weighted by molar-refractivity contribution is 0.102. The average Bonchev–Trinajstić information content (AvgIpc) is 2.10. The molecule has 0 aromatic heterocycles. The van der Waals surface area contributed by atoms with E-state index in [1.807, 2.05) is 0 Å². The van der Waals surface area contributed by atoms with E-state index in [2.05, 4.69) is 15.9 Å². The number of halogens is 3. The molecule has 1 rings (SSSR count). The van der Waals surface area contributed by atoms with Crippen LogP contribution in [0.5, 0.6) is 0 Å². The van der Waals surface area contributed by atoms with Gasteiger partial charge in [0.25, 0.3) is 0 Å². The number of rotatable bonds is 2. The molecule has 2 nitrogen and oxygen atoms in total. The molecule has 0 saturated carbocycles. The summed E-state index contributed by atoms with van der Waals surface area (Å²) in [7, 11) is 0. The van der Waals surface area contributed by atoms with Crippen molar-refractivity contribution in [2.75, 3.05) is 11.1 Å². The molecule has 0 aliphatic rings. The molecular weight excluding hydrogens is 260 g/mol. The highest BCUT2D eigenvalue weighted by molar-refractivity contribution is 9.09. The van der Waals surface area contributed by atoms with Crippen LogP contribution in [0, 0.1) is 5.82 Å². The van der Waals surface area contributed by atoms with E-state index in [0.717, 1.165) is 12.1 Å². The van der Waals surface area contributed by atoms with Crippen molar-refractivity contribution >= 4 is 39.0 Å². The molecule has 0 radical (unpaired) electrons. The van der Waals surface area contributed by atoms with E-state index in [-0.39, 0.29) is 27.4 Å². The van der Waals surface area contributed by atoms with Crippen LogP contribution in [-0.2, 0) is 0 Å². The Morgan fingerprint density at radius 3 is 2.77 bits per heavy atom. The second-order valence-electron chi connectivity index (χ2n) is 2.41. The number of carbonyl (C=O) groups is 1. The number of benzene rings is 1. The second-order valence-corrected chi connectivity index (χ2v) is 3.37. The van der Waals surface area contributed by atoms with Gasteiger partial charge in [0.15, 0.2) is 5.78 Å². The third-order valence-corrected chi connectivity index (χ3v) is 2.34. The van der Waals surface area contributed by atoms with Crippen molar-refractivity contribution in [1.29, 1.82) is 0 Å². The van der Waals surface area contributed by atoms with Crippen LogP contribution in [0.15, 0.2) is 12.1 Å². The lowest BCUT2D eigenvalue weighted by Crippen LogP contribution is -2.05. The van der Waals surface area contributed by atoms with Gasteiger partial charge in [-0.1, -0.05) is 27.5 Å². The fourth-order valence-electron chi connectivity index (χ4n) is 0.887. The molecule has 5 heteroatoms. The summed E-state index contributed by atoms with van der Waals surface area (Å²) in [6, 6.07) is 2.15. The van der Waals surface area contributed by atoms with Crippen LogP contribution in [0.25, 0.3) is 0 Å². The Hall–Kier alpha value is -0.610. The van der Waals surface area contributed by atoms with Gasteiger partial charge in [-0.05, 0) is 12.1 Å². The minimum absolute atomic E-state index is 0.0595. The lowest BCUT2D eigenvalue weighted by Gasteiger charge is -2.04. The molecule has 0 amide bonds. The molecule has 0 unspecified atom stereocenters. The molecule has 0 spiro atoms. The van der Waals surface area contributed by atoms with Crippen molar-refractivity contribution in [3.05, 3.63) is 28.5 Å². The molecule has 0 heterocycles. The van der Waals surface area contributed by atoms with E-state index in [1.54, 1.807) is 0 Å². The van der Waals surface area contributed by atoms with Crippen molar-refractivity contribution in [3.8, 4) is 0 Å². The zero-order valence-corrected chi connectivity index (χ0v) is 8.82. The van der Waals surface area contributed by atoms with E-state index < -0.39 is 5.82 Å². The van der Waals surface area contributed by atoms with Crippen LogP contribution in [0.1, 0.15) is 10.4 Å². The second kappa shape index (κ2) is 4.07. The molecule has 0 bridgehead atoms. The number of ketones is 1. The monoisotopic (exact) mass is 265 g/mol. The smallest absolute Gasteiger partial charge is 0.175 e. The van der Waals surface area contributed by atoms with E-state index in [9.17, 15) is 9.18 Å². The number of Topliss-reactive ketones (excluding diaryl/α,β-unsaturated/α-hetero) is 1. The number of alkyl halides is 1. The van der Waals surface area contributed by atoms with Crippen molar-refractivity contribution < 1.29 is 9.18 Å². The number of hydrogen-bond acceptors (Lipinski definition) is 2. The van der Waals surface area contributed by atoms with Gasteiger partial charge in [-0.15, -0.1) is 0 Å². The summed E-state index contributed by atoms with van der Waals surface area (Å²) >= 11 is 8.55. The number of hydrogen-bond donors (Lipinski definition) is 1. The Kier molecular flexibility index (Phi) is 3.27. The van der Waals surface area contributed by atoms with Gasteiger partial charge < -0.3 is 5.73 Å². The summed E-state index contributed by atoms with van der Waals surface area (Å²) in [5.74, 6) is -0.859. The maximum atomic E-state index is 12.8. The normalized spacial score (nSPS) is 10.1. The van der Waals surface area contributed by atoms with Gasteiger partial charge in [-0.2, -0.15) is 0 Å². The summed E-state index contributed by atoms with van der Waals surface area (Å²) in [4.78, 5) is 11.2. The Morgan fingerprint density at radius 1 is 1.62 bits per heavy atom. The van der Waals surface area contributed by atoms with Crippen molar-refractivity contribution in [2.24, 2.45) is 0 Å². The summed E-state index contributed by atoms with van der Waals surface area (Å²) < 4.78 is 12.8. The van der Waals surface area contributed by atoms with Gasteiger partial charge in [0.1, 0.15) is 5.82 Å². The Bertz CT molecular complexity index is 356. The van der Waals surface area contributed by atoms with E-state index in [4.69, 9.17) is 17.3 Å². The SMILES string of the molecule is Nc1c(Cl)cc(F)cc1C(=O)CBr. The third kappa shape index (κ3) is 2.19. The summed E-state index contributed by atoms with van der Waals surface area (Å²) in [6.45, 7) is 0. The molecule has 13 heavy (non-hydrogen) atoms. The fourth-order valence-corrected chi connectivity index (χ4v) is 1.40. The van der Waals surface area contributed by atoms with Crippen molar-refractivity contribution in [2.45, 2.75) is 0 Å². The summed E-state index contributed by atoms with van der Waals surface area (Å²) in [5, 5.41) is 0.154. The Labute approximate surface area is 88.0 Å². The first-order valence-electron chi connectivity index (χ1n) is 3.40. The molecule has 0 atom stereocenters. The minimum atomic E-state index is -0.566. The van der Waals surface area contributed by atoms with Crippen LogP contribution >= 0.6 is 27.5 Å². The Morgan fingerprint density at radius 2 is 2.23 bits per heavy atom. The largest absolute Gasteiger partial charge is 0.397 e. The van der Waals surface area contributed by atoms with Gasteiger partial charge >= 0.3 is 0 Å². The molecule has 0 fully saturated rings. The number of anilines is 1. The molecule has 70 valence electrons. The molecule has 2 N–H and O–H groups in total. The first-order chi connectivity index (χ1) is 6.06. The van der Waals surface area contributed by atoms with Crippen molar-refractivity contribution in [3.63, 3.8) is 0 Å². The van der Waals surface area contributed by atoms with Gasteiger partial charge in [-0.25, -0.2) is 4.39 Å². The number of nitrogens with two attached hydrogens (primary N) is 1. The average molecular weight is 266 g/mol. The molecule has 0 aliphatic carbocycles. The molecule has 1 aromatic rings. The first-order valence-corrected chi connectivity index (χ1v) is 4.90. The standard InChI is InChI=1S/C8H6BrClFNO/c9-3-7(13)5-1-4(11)2-6(10)8(5)12/h1-2H,3,12H2. The first kappa shape index (κ1) is 10.5. The van der Waals surface area contributed by atoms with Gasteiger partial charge in [0, 0.05) is 5.56 Å². The zero-order valence-electron chi connectivity index (χ0n) is 6.48. The lowest BCUT2D eigenvalue weighted by atomic mass is 10.1. The van der Waals surface area contributed by atoms with E-state index in [1.165, 1.54) is 0 Å². The predicted molar refractivity (Wildman–Crippen MR) is 53.9 cm³/mol. The van der Waals surface area contributed by atoms with E-state index >= 15 is 0 Å². The van der Waals surface area contributed by atoms with E-state index in [0.29, 0.717) is 0 Å². The number of carbonyl (C=O) groups excluding carboxylic acids is 1. The molecular formula is C8H6BrClFNO. The van der Waals surface area contributed by atoms with Crippen LogP contribution < -0.4 is 5.73 Å². The topological polar surface area (TPSA) is 43.1 Å². The van der Waals surface area contributed by atoms with Crippen LogP contribution in [-0.4, -0.2) is 11.1 Å². The van der Waals surface area contributed by atoms with Crippen LogP contribution in [0.4, 0.5) is 10.1 Å². The van der Waals surface area contributed by atoms with Crippen molar-refractivity contribution in [1.82, 2.24) is 0 Å². The maximum absolute atomic E-state index is 12.8. The van der Waals surface area contributed by atoms with Gasteiger partial charge in [0.05, 0.1) is 16.0 Å². The minimum Gasteiger partial charge on any atom is -0.397 e. The molecule has 0 aliphatic heterocycles. The predicted octanol–water partition coefficient (Wildman–Crippen LogP) is 2.64. The third-order valence-electron chi connectivity index (χ3n) is 1.52. The Balaban J connectivity index is 3.28. The maximum Gasteiger partial charge on any atom is 0.175 e. The quantitative estimate of drug-likeness (QED) is 0.508. The van der Waals surface area contributed by atoms with Crippen LogP contribution in [0.2, 0.25) is 5.02 Å².